The van der Waals surface area contributed by atoms with Gasteiger partial charge < -0.3 is 16.2 Å². The quantitative estimate of drug-likeness (QED) is 0.569. The van der Waals surface area contributed by atoms with E-state index in [4.69, 9.17) is 5.73 Å². The number of piperidine rings is 1. The van der Waals surface area contributed by atoms with E-state index in [2.05, 4.69) is 33.4 Å². The van der Waals surface area contributed by atoms with Gasteiger partial charge >= 0.3 is 0 Å². The maximum Gasteiger partial charge on any atom is 0.189 e. The van der Waals surface area contributed by atoms with E-state index in [1.54, 1.807) is 0 Å². The number of aliphatic hydroxyl groups excluding tert-OH is 1. The highest BCUT2D eigenvalue weighted by atomic mass is 16.3. The number of aliphatic imine (C=N–C) groups is 1. The Morgan fingerprint density at radius 1 is 1.32 bits per heavy atom. The van der Waals surface area contributed by atoms with E-state index in [-0.39, 0.29) is 6.10 Å². The lowest BCUT2D eigenvalue weighted by molar-refractivity contribution is 0.0791. The van der Waals surface area contributed by atoms with Gasteiger partial charge in [0.2, 0.25) is 0 Å². The molecule has 1 aromatic carbocycles. The van der Waals surface area contributed by atoms with Crippen molar-refractivity contribution in [3.8, 4) is 0 Å². The molecule has 22 heavy (non-hydrogen) atoms. The van der Waals surface area contributed by atoms with Crippen molar-refractivity contribution in [1.82, 2.24) is 10.2 Å². The van der Waals surface area contributed by atoms with Gasteiger partial charge in [0.05, 0.1) is 12.6 Å². The molecule has 0 aliphatic carbocycles. The molecule has 1 aliphatic rings. The minimum absolute atomic E-state index is 0.127. The van der Waals surface area contributed by atoms with Crippen LogP contribution in [-0.2, 0) is 13.1 Å². The smallest absolute Gasteiger partial charge is 0.189 e. The summed E-state index contributed by atoms with van der Waals surface area (Å²) in [5, 5.41) is 12.7. The molecule has 1 aromatic rings. The topological polar surface area (TPSA) is 73.9 Å². The van der Waals surface area contributed by atoms with E-state index in [0.717, 1.165) is 32.5 Å². The largest absolute Gasteiger partial charge is 0.393 e. The fourth-order valence-corrected chi connectivity index (χ4v) is 2.70. The molecule has 1 aliphatic heterocycles. The van der Waals surface area contributed by atoms with Crippen molar-refractivity contribution in [1.29, 1.82) is 0 Å². The van der Waals surface area contributed by atoms with E-state index >= 15 is 0 Å². The second-order valence-electron chi connectivity index (χ2n) is 6.28. The van der Waals surface area contributed by atoms with Gasteiger partial charge in [0.25, 0.3) is 0 Å². The number of benzene rings is 1. The predicted molar refractivity (Wildman–Crippen MR) is 90.6 cm³/mol. The summed E-state index contributed by atoms with van der Waals surface area (Å²) < 4.78 is 0. The Morgan fingerprint density at radius 3 is 2.59 bits per heavy atom. The van der Waals surface area contributed by atoms with Crippen LogP contribution in [0.25, 0.3) is 0 Å². The molecule has 0 unspecified atom stereocenters. The van der Waals surface area contributed by atoms with Gasteiger partial charge in [0.15, 0.2) is 5.96 Å². The fraction of sp³-hybridized carbons (Fsp3) is 0.588. The van der Waals surface area contributed by atoms with Gasteiger partial charge in [-0.15, -0.1) is 0 Å². The molecule has 0 spiro atoms. The number of nitrogens with zero attached hydrogens (tertiary/aromatic N) is 2. The molecule has 122 valence electrons. The lowest BCUT2D eigenvalue weighted by Crippen LogP contribution is -2.36. The van der Waals surface area contributed by atoms with Crippen LogP contribution in [0.2, 0.25) is 0 Å². The molecule has 0 bridgehead atoms. The first-order valence-corrected chi connectivity index (χ1v) is 8.08. The molecule has 2 rings (SSSR count). The number of hydrogen-bond donors (Lipinski definition) is 3. The summed E-state index contributed by atoms with van der Waals surface area (Å²) in [6, 6.07) is 8.67. The van der Waals surface area contributed by atoms with Crippen LogP contribution in [0.1, 0.15) is 37.8 Å². The first-order chi connectivity index (χ1) is 10.5. The second kappa shape index (κ2) is 8.15. The number of rotatable bonds is 5. The van der Waals surface area contributed by atoms with Gasteiger partial charge in [-0.1, -0.05) is 24.3 Å². The highest BCUT2D eigenvalue weighted by Crippen LogP contribution is 2.17. The zero-order chi connectivity index (χ0) is 15.9. The van der Waals surface area contributed by atoms with Gasteiger partial charge in [-0.25, -0.2) is 4.99 Å². The highest BCUT2D eigenvalue weighted by molar-refractivity contribution is 5.78. The molecule has 0 aromatic heterocycles. The molecule has 4 N–H and O–H groups in total. The Morgan fingerprint density at radius 2 is 1.95 bits per heavy atom. The van der Waals surface area contributed by atoms with Crippen LogP contribution in [-0.4, -0.2) is 41.2 Å². The summed E-state index contributed by atoms with van der Waals surface area (Å²) in [4.78, 5) is 6.82. The summed E-state index contributed by atoms with van der Waals surface area (Å²) >= 11 is 0. The summed E-state index contributed by atoms with van der Waals surface area (Å²) in [6.45, 7) is 7.50. The molecule has 1 heterocycles. The van der Waals surface area contributed by atoms with Crippen LogP contribution in [0.4, 0.5) is 0 Å². The van der Waals surface area contributed by atoms with Gasteiger partial charge in [-0.2, -0.15) is 0 Å². The third kappa shape index (κ3) is 5.31. The molecule has 1 saturated heterocycles. The van der Waals surface area contributed by atoms with Crippen molar-refractivity contribution >= 4 is 5.96 Å². The number of aliphatic hydroxyl groups is 1. The fourth-order valence-electron chi connectivity index (χ4n) is 2.70. The normalized spacial score (nSPS) is 17.9. The van der Waals surface area contributed by atoms with E-state index in [1.807, 2.05) is 19.9 Å². The van der Waals surface area contributed by atoms with Crippen LogP contribution >= 0.6 is 0 Å². The van der Waals surface area contributed by atoms with Crippen LogP contribution in [0.5, 0.6) is 0 Å². The summed E-state index contributed by atoms with van der Waals surface area (Å²) in [5.41, 5.74) is 8.37. The Balaban J connectivity index is 1.97. The van der Waals surface area contributed by atoms with Gasteiger partial charge in [-0.05, 0) is 37.8 Å². The second-order valence-corrected chi connectivity index (χ2v) is 6.28. The maximum atomic E-state index is 9.60. The van der Waals surface area contributed by atoms with Crippen molar-refractivity contribution in [3.05, 3.63) is 35.4 Å². The summed E-state index contributed by atoms with van der Waals surface area (Å²) in [6.07, 6.45) is 1.61. The standard InChI is InChI=1S/C17H28N4O/c1-13(2)20-17(18)19-11-14-5-3-4-6-15(14)12-21-9-7-16(22)8-10-21/h3-6,13,16,22H,7-12H2,1-2H3,(H3,18,19,20). The summed E-state index contributed by atoms with van der Waals surface area (Å²) in [5.74, 6) is 0.492. The molecule has 0 radical (unpaired) electrons. The first kappa shape index (κ1) is 16.8. The molecule has 5 nitrogen and oxygen atoms in total. The lowest BCUT2D eigenvalue weighted by atomic mass is 10.0. The van der Waals surface area contributed by atoms with Crippen LogP contribution in [0.15, 0.2) is 29.3 Å². The first-order valence-electron chi connectivity index (χ1n) is 8.08. The Labute approximate surface area is 133 Å². The van der Waals surface area contributed by atoms with E-state index in [1.165, 1.54) is 11.1 Å². The number of nitrogens with two attached hydrogens (primary N) is 1. The van der Waals surface area contributed by atoms with Crippen molar-refractivity contribution in [2.24, 2.45) is 10.7 Å². The zero-order valence-electron chi connectivity index (χ0n) is 13.6. The third-order valence-corrected chi connectivity index (χ3v) is 3.93. The SMILES string of the molecule is CC(C)NC(N)=NCc1ccccc1CN1CCC(O)CC1. The van der Waals surface area contributed by atoms with Crippen LogP contribution in [0, 0.1) is 0 Å². The molecule has 5 heteroatoms. The minimum atomic E-state index is -0.127. The van der Waals surface area contributed by atoms with Crippen LogP contribution < -0.4 is 11.1 Å². The van der Waals surface area contributed by atoms with Crippen LogP contribution in [0.3, 0.4) is 0 Å². The minimum Gasteiger partial charge on any atom is -0.393 e. The van der Waals surface area contributed by atoms with Gasteiger partial charge in [0, 0.05) is 25.7 Å². The molecular weight excluding hydrogens is 276 g/mol. The van der Waals surface area contributed by atoms with E-state index in [0.29, 0.717) is 18.5 Å². The molecule has 0 atom stereocenters. The monoisotopic (exact) mass is 304 g/mol. The van der Waals surface area contributed by atoms with Gasteiger partial charge in [0.1, 0.15) is 0 Å². The van der Waals surface area contributed by atoms with Crippen molar-refractivity contribution < 1.29 is 5.11 Å². The average molecular weight is 304 g/mol. The van der Waals surface area contributed by atoms with Gasteiger partial charge in [-0.3, -0.25) is 4.90 Å². The average Bonchev–Trinajstić information content (AvgIpc) is 2.48. The van der Waals surface area contributed by atoms with Crippen molar-refractivity contribution in [3.63, 3.8) is 0 Å². The predicted octanol–water partition coefficient (Wildman–Crippen LogP) is 1.46. The maximum absolute atomic E-state index is 9.60. The summed E-state index contributed by atoms with van der Waals surface area (Å²) in [7, 11) is 0. The Bertz CT molecular complexity index is 493. The highest BCUT2D eigenvalue weighted by Gasteiger charge is 2.17. The molecule has 0 amide bonds. The molecule has 1 fully saturated rings. The molecule has 0 saturated carbocycles. The van der Waals surface area contributed by atoms with Crippen molar-refractivity contribution in [2.45, 2.75) is 51.9 Å². The number of likely N-dealkylation sites (tertiary alicyclic amines) is 1. The number of hydrogen-bond acceptors (Lipinski definition) is 3. The van der Waals surface area contributed by atoms with E-state index in [9.17, 15) is 5.11 Å². The van der Waals surface area contributed by atoms with E-state index < -0.39 is 0 Å². The number of nitrogens with one attached hydrogen (secondary N) is 1. The zero-order valence-corrected chi connectivity index (χ0v) is 13.6. The Kier molecular flexibility index (Phi) is 6.21. The number of guanidine groups is 1. The third-order valence-electron chi connectivity index (χ3n) is 3.93. The Hall–Kier alpha value is -1.59. The molecular formula is C17H28N4O. The lowest BCUT2D eigenvalue weighted by Gasteiger charge is -2.30. The van der Waals surface area contributed by atoms with Crippen molar-refractivity contribution in [2.75, 3.05) is 13.1 Å².